The highest BCUT2D eigenvalue weighted by atomic mass is 16.6. The van der Waals surface area contributed by atoms with Crippen LogP contribution in [0, 0.1) is 0 Å². The summed E-state index contributed by atoms with van der Waals surface area (Å²) in [5, 5.41) is 5.25. The third-order valence-electron chi connectivity index (χ3n) is 4.38. The number of nitrogens with zero attached hydrogens (tertiary/aromatic N) is 1. The summed E-state index contributed by atoms with van der Waals surface area (Å²) in [7, 11) is 0. The number of anilines is 3. The van der Waals surface area contributed by atoms with Crippen LogP contribution in [-0.4, -0.2) is 42.4 Å². The topological polar surface area (TPSA) is 114 Å². The lowest BCUT2D eigenvalue weighted by Gasteiger charge is -2.29. The molecule has 0 spiro atoms. The molecule has 32 heavy (non-hydrogen) atoms. The third kappa shape index (κ3) is 5.84. The summed E-state index contributed by atoms with van der Waals surface area (Å²) in [5.41, 5.74) is 1.07. The fourth-order valence-corrected chi connectivity index (χ4v) is 3.05. The van der Waals surface area contributed by atoms with Crippen molar-refractivity contribution in [2.45, 2.75) is 33.3 Å². The van der Waals surface area contributed by atoms with Gasteiger partial charge in [0.25, 0.3) is 5.91 Å². The standard InChI is InChI=1S/C23H25N3O6/c1-14(27)24-16-7-5-15(6-8-16)19(28)12-26-18-11-17(25-22(30)32-23(2,3)4)9-10-20(18)31-13-21(26)29/h5-11H,12-13H2,1-4H3,(H,24,27)(H,25,30). The van der Waals surface area contributed by atoms with Crippen molar-refractivity contribution in [1.29, 1.82) is 0 Å². The van der Waals surface area contributed by atoms with Gasteiger partial charge < -0.3 is 14.8 Å². The van der Waals surface area contributed by atoms with Crippen LogP contribution in [0.15, 0.2) is 42.5 Å². The maximum Gasteiger partial charge on any atom is 0.412 e. The van der Waals surface area contributed by atoms with Crippen molar-refractivity contribution in [2.75, 3.05) is 28.7 Å². The van der Waals surface area contributed by atoms with E-state index < -0.39 is 11.7 Å². The Morgan fingerprint density at radius 1 is 1.03 bits per heavy atom. The Morgan fingerprint density at radius 3 is 2.31 bits per heavy atom. The van der Waals surface area contributed by atoms with E-state index in [0.29, 0.717) is 28.4 Å². The minimum atomic E-state index is -0.661. The number of Topliss-reactive ketones (excluding diaryl/α,β-unsaturated/α-hetero) is 1. The van der Waals surface area contributed by atoms with E-state index in [-0.39, 0.29) is 30.7 Å². The lowest BCUT2D eigenvalue weighted by Crippen LogP contribution is -2.42. The predicted molar refractivity (Wildman–Crippen MR) is 119 cm³/mol. The molecule has 0 aliphatic carbocycles. The van der Waals surface area contributed by atoms with E-state index in [2.05, 4.69) is 10.6 Å². The zero-order valence-electron chi connectivity index (χ0n) is 18.4. The van der Waals surface area contributed by atoms with E-state index in [1.165, 1.54) is 11.8 Å². The molecule has 1 heterocycles. The molecule has 0 saturated carbocycles. The minimum Gasteiger partial charge on any atom is -0.482 e. The number of fused-ring (bicyclic) bond motifs is 1. The Labute approximate surface area is 185 Å². The smallest absolute Gasteiger partial charge is 0.412 e. The van der Waals surface area contributed by atoms with E-state index >= 15 is 0 Å². The number of benzene rings is 2. The first kappa shape index (κ1) is 22.8. The first-order valence-electron chi connectivity index (χ1n) is 10.00. The SMILES string of the molecule is CC(=O)Nc1ccc(C(=O)CN2C(=O)COc3ccc(NC(=O)OC(C)(C)C)cc32)cc1. The van der Waals surface area contributed by atoms with Crippen LogP contribution in [0.3, 0.4) is 0 Å². The van der Waals surface area contributed by atoms with Gasteiger partial charge >= 0.3 is 6.09 Å². The van der Waals surface area contributed by atoms with Gasteiger partial charge in [-0.05, 0) is 63.2 Å². The molecule has 0 bridgehead atoms. The fraction of sp³-hybridized carbons (Fsp3) is 0.304. The number of rotatable bonds is 5. The number of hydrogen-bond acceptors (Lipinski definition) is 6. The monoisotopic (exact) mass is 439 g/mol. The molecule has 2 aromatic rings. The van der Waals surface area contributed by atoms with Gasteiger partial charge in [-0.1, -0.05) is 0 Å². The van der Waals surface area contributed by atoms with Crippen LogP contribution in [-0.2, 0) is 14.3 Å². The van der Waals surface area contributed by atoms with Crippen molar-refractivity contribution < 1.29 is 28.7 Å². The van der Waals surface area contributed by atoms with Crippen molar-refractivity contribution >= 4 is 40.8 Å². The Morgan fingerprint density at radius 2 is 1.69 bits per heavy atom. The van der Waals surface area contributed by atoms with Crippen LogP contribution in [0.2, 0.25) is 0 Å². The molecule has 1 aliphatic heterocycles. The molecule has 3 rings (SSSR count). The molecule has 2 N–H and O–H groups in total. The van der Waals surface area contributed by atoms with Gasteiger partial charge in [0.1, 0.15) is 11.4 Å². The summed E-state index contributed by atoms with van der Waals surface area (Å²) < 4.78 is 10.7. The summed E-state index contributed by atoms with van der Waals surface area (Å²) >= 11 is 0. The number of ketones is 1. The van der Waals surface area contributed by atoms with E-state index in [1.54, 1.807) is 63.2 Å². The molecule has 0 atom stereocenters. The normalized spacial score (nSPS) is 13.0. The van der Waals surface area contributed by atoms with Gasteiger partial charge in [-0.3, -0.25) is 24.6 Å². The largest absolute Gasteiger partial charge is 0.482 e. The average molecular weight is 439 g/mol. The van der Waals surface area contributed by atoms with E-state index in [9.17, 15) is 19.2 Å². The Bertz CT molecular complexity index is 1060. The number of carbonyl (C=O) groups is 4. The van der Waals surface area contributed by atoms with Crippen molar-refractivity contribution in [3.8, 4) is 5.75 Å². The molecule has 2 aromatic carbocycles. The zero-order valence-corrected chi connectivity index (χ0v) is 18.4. The van der Waals surface area contributed by atoms with Gasteiger partial charge in [-0.15, -0.1) is 0 Å². The molecule has 0 saturated heterocycles. The lowest BCUT2D eigenvalue weighted by atomic mass is 10.1. The molecule has 0 fully saturated rings. The summed E-state index contributed by atoms with van der Waals surface area (Å²) in [6.45, 7) is 6.25. The minimum absolute atomic E-state index is 0.194. The van der Waals surface area contributed by atoms with Gasteiger partial charge in [-0.2, -0.15) is 0 Å². The van der Waals surface area contributed by atoms with Crippen molar-refractivity contribution in [3.63, 3.8) is 0 Å². The molecular weight excluding hydrogens is 414 g/mol. The highest BCUT2D eigenvalue weighted by Gasteiger charge is 2.28. The highest BCUT2D eigenvalue weighted by Crippen LogP contribution is 2.35. The molecule has 9 nitrogen and oxygen atoms in total. The predicted octanol–water partition coefficient (Wildman–Crippen LogP) is 3.60. The Kier molecular flexibility index (Phi) is 6.47. The summed E-state index contributed by atoms with van der Waals surface area (Å²) in [6, 6.07) is 11.2. The van der Waals surface area contributed by atoms with Crippen molar-refractivity contribution in [1.82, 2.24) is 0 Å². The van der Waals surface area contributed by atoms with Gasteiger partial charge in [0.2, 0.25) is 5.91 Å². The molecule has 0 aromatic heterocycles. The summed E-state index contributed by atoms with van der Waals surface area (Å²) in [4.78, 5) is 49.9. The molecule has 9 heteroatoms. The number of ether oxygens (including phenoxy) is 2. The first-order chi connectivity index (χ1) is 15.0. The number of carbonyl (C=O) groups excluding carboxylic acids is 4. The quantitative estimate of drug-likeness (QED) is 0.688. The highest BCUT2D eigenvalue weighted by molar-refractivity contribution is 6.08. The van der Waals surface area contributed by atoms with Crippen LogP contribution in [0.25, 0.3) is 0 Å². The average Bonchev–Trinajstić information content (AvgIpc) is 2.68. The van der Waals surface area contributed by atoms with Gasteiger partial charge in [0.15, 0.2) is 12.4 Å². The summed E-state index contributed by atoms with van der Waals surface area (Å²) in [5.74, 6) is -0.454. The molecular formula is C23H25N3O6. The van der Waals surface area contributed by atoms with Gasteiger partial charge in [-0.25, -0.2) is 4.79 Å². The molecule has 168 valence electrons. The second kappa shape index (κ2) is 9.09. The number of amides is 3. The fourth-order valence-electron chi connectivity index (χ4n) is 3.05. The van der Waals surface area contributed by atoms with Crippen molar-refractivity contribution in [2.24, 2.45) is 0 Å². The molecule has 0 unspecified atom stereocenters. The van der Waals surface area contributed by atoms with Crippen LogP contribution in [0.5, 0.6) is 5.75 Å². The van der Waals surface area contributed by atoms with E-state index in [1.807, 2.05) is 0 Å². The van der Waals surface area contributed by atoms with Crippen LogP contribution >= 0.6 is 0 Å². The molecule has 3 amide bonds. The number of hydrogen-bond donors (Lipinski definition) is 2. The maximum absolute atomic E-state index is 12.8. The second-order valence-corrected chi connectivity index (χ2v) is 8.26. The lowest BCUT2D eigenvalue weighted by molar-refractivity contribution is -0.121. The summed E-state index contributed by atoms with van der Waals surface area (Å²) in [6.07, 6.45) is -0.637. The molecule has 1 aliphatic rings. The maximum atomic E-state index is 12.8. The number of nitrogens with one attached hydrogen (secondary N) is 2. The van der Waals surface area contributed by atoms with E-state index in [4.69, 9.17) is 9.47 Å². The first-order valence-corrected chi connectivity index (χ1v) is 10.00. The van der Waals surface area contributed by atoms with Crippen LogP contribution < -0.4 is 20.3 Å². The molecule has 0 radical (unpaired) electrons. The second-order valence-electron chi connectivity index (χ2n) is 8.26. The zero-order chi connectivity index (χ0) is 23.5. The van der Waals surface area contributed by atoms with Gasteiger partial charge in [0.05, 0.1) is 12.2 Å². The van der Waals surface area contributed by atoms with Crippen LogP contribution in [0.4, 0.5) is 21.9 Å². The van der Waals surface area contributed by atoms with Crippen molar-refractivity contribution in [3.05, 3.63) is 48.0 Å². The van der Waals surface area contributed by atoms with Crippen LogP contribution in [0.1, 0.15) is 38.1 Å². The third-order valence-corrected chi connectivity index (χ3v) is 4.38. The Hall–Kier alpha value is -3.88. The van der Waals surface area contributed by atoms with Gasteiger partial charge in [0, 0.05) is 23.9 Å². The van der Waals surface area contributed by atoms with E-state index in [0.717, 1.165) is 0 Å². The Balaban J connectivity index is 1.78.